The zero-order valence-corrected chi connectivity index (χ0v) is 8.79. The van der Waals surface area contributed by atoms with Gasteiger partial charge < -0.3 is 10.1 Å². The van der Waals surface area contributed by atoms with E-state index in [1.165, 1.54) is 39.2 Å². The third kappa shape index (κ3) is 1.92. The second-order valence-electron chi connectivity index (χ2n) is 4.47. The van der Waals surface area contributed by atoms with Crippen LogP contribution in [0.15, 0.2) is 0 Å². The number of esters is 1. The summed E-state index contributed by atoms with van der Waals surface area (Å²) in [7, 11) is 1.47. The highest BCUT2D eigenvalue weighted by molar-refractivity contribution is 5.75. The number of ether oxygens (including phenoxy) is 1. The van der Waals surface area contributed by atoms with Gasteiger partial charge in [-0.25, -0.2) is 0 Å². The van der Waals surface area contributed by atoms with E-state index in [0.717, 1.165) is 12.3 Å². The predicted octanol–water partition coefficient (Wildman–Crippen LogP) is 1.47. The Kier molecular flexibility index (Phi) is 3.06. The van der Waals surface area contributed by atoms with Gasteiger partial charge in [0.2, 0.25) is 0 Å². The van der Waals surface area contributed by atoms with Crippen molar-refractivity contribution in [3.05, 3.63) is 0 Å². The molecule has 2 rings (SSSR count). The SMILES string of the molecule is COC(=O)[C@@H]1CC[C@@H]2CCCC[C@@H]2N1. The number of nitrogens with one attached hydrogen (secondary N) is 1. The van der Waals surface area contributed by atoms with Gasteiger partial charge >= 0.3 is 5.97 Å². The molecule has 1 N–H and O–H groups in total. The number of carbonyl (C=O) groups excluding carboxylic acids is 1. The number of methoxy groups -OCH3 is 1. The standard InChI is InChI=1S/C11H19NO2/c1-14-11(13)10-7-6-8-4-2-3-5-9(8)12-10/h8-10,12H,2-7H2,1H3/t8-,9-,10-/m0/s1. The van der Waals surface area contributed by atoms with Crippen LogP contribution in [0.25, 0.3) is 0 Å². The van der Waals surface area contributed by atoms with Crippen molar-refractivity contribution in [2.75, 3.05) is 7.11 Å². The van der Waals surface area contributed by atoms with Gasteiger partial charge in [0.1, 0.15) is 6.04 Å². The van der Waals surface area contributed by atoms with Crippen LogP contribution in [0.5, 0.6) is 0 Å². The van der Waals surface area contributed by atoms with Crippen LogP contribution in [0.4, 0.5) is 0 Å². The van der Waals surface area contributed by atoms with Gasteiger partial charge in [0, 0.05) is 6.04 Å². The van der Waals surface area contributed by atoms with Gasteiger partial charge in [-0.1, -0.05) is 12.8 Å². The lowest BCUT2D eigenvalue weighted by Gasteiger charge is -2.39. The first-order valence-corrected chi connectivity index (χ1v) is 5.65. The molecule has 0 aromatic heterocycles. The molecule has 3 nitrogen and oxygen atoms in total. The predicted molar refractivity (Wildman–Crippen MR) is 53.9 cm³/mol. The van der Waals surface area contributed by atoms with Gasteiger partial charge in [-0.2, -0.15) is 0 Å². The molecule has 1 heterocycles. The van der Waals surface area contributed by atoms with E-state index in [0.29, 0.717) is 6.04 Å². The quantitative estimate of drug-likeness (QED) is 0.647. The average Bonchev–Trinajstić information content (AvgIpc) is 2.27. The Hall–Kier alpha value is -0.570. The van der Waals surface area contributed by atoms with Crippen molar-refractivity contribution in [1.29, 1.82) is 0 Å². The van der Waals surface area contributed by atoms with E-state index < -0.39 is 0 Å². The van der Waals surface area contributed by atoms with E-state index in [1.54, 1.807) is 0 Å². The molecule has 0 spiro atoms. The largest absolute Gasteiger partial charge is 0.468 e. The Bertz CT molecular complexity index is 217. The molecule has 14 heavy (non-hydrogen) atoms. The molecule has 1 aliphatic heterocycles. The lowest BCUT2D eigenvalue weighted by atomic mass is 9.78. The Morgan fingerprint density at radius 2 is 2.00 bits per heavy atom. The van der Waals surface area contributed by atoms with Crippen LogP contribution >= 0.6 is 0 Å². The summed E-state index contributed by atoms with van der Waals surface area (Å²) in [6, 6.07) is 0.529. The van der Waals surface area contributed by atoms with Crippen LogP contribution in [0.2, 0.25) is 0 Å². The summed E-state index contributed by atoms with van der Waals surface area (Å²) >= 11 is 0. The highest BCUT2D eigenvalue weighted by Crippen LogP contribution is 2.32. The molecule has 3 heteroatoms. The third-order valence-electron chi connectivity index (χ3n) is 3.64. The van der Waals surface area contributed by atoms with Crippen molar-refractivity contribution >= 4 is 5.97 Å². The Morgan fingerprint density at radius 3 is 2.79 bits per heavy atom. The Labute approximate surface area is 85.2 Å². The van der Waals surface area contributed by atoms with E-state index in [4.69, 9.17) is 4.74 Å². The van der Waals surface area contributed by atoms with Crippen molar-refractivity contribution in [3.8, 4) is 0 Å². The molecule has 0 bridgehead atoms. The summed E-state index contributed by atoms with van der Waals surface area (Å²) in [5.74, 6) is 0.721. The Balaban J connectivity index is 1.92. The minimum Gasteiger partial charge on any atom is -0.468 e. The van der Waals surface area contributed by atoms with Gasteiger partial charge in [-0.15, -0.1) is 0 Å². The van der Waals surface area contributed by atoms with Crippen LogP contribution < -0.4 is 5.32 Å². The number of hydrogen-bond donors (Lipinski definition) is 1. The zero-order valence-electron chi connectivity index (χ0n) is 8.79. The summed E-state index contributed by atoms with van der Waals surface area (Å²) in [6.07, 6.45) is 7.39. The van der Waals surface area contributed by atoms with Crippen LogP contribution in [0.3, 0.4) is 0 Å². The van der Waals surface area contributed by atoms with Crippen LogP contribution in [0.1, 0.15) is 38.5 Å². The first-order valence-electron chi connectivity index (χ1n) is 5.65. The molecule has 1 saturated carbocycles. The number of carbonyl (C=O) groups is 1. The highest BCUT2D eigenvalue weighted by atomic mass is 16.5. The maximum atomic E-state index is 11.4. The topological polar surface area (TPSA) is 38.3 Å². The number of piperidine rings is 1. The monoisotopic (exact) mass is 197 g/mol. The van der Waals surface area contributed by atoms with Gasteiger partial charge in [-0.3, -0.25) is 4.79 Å². The van der Waals surface area contributed by atoms with E-state index in [9.17, 15) is 4.79 Å². The smallest absolute Gasteiger partial charge is 0.322 e. The molecule has 0 aromatic rings. The second kappa shape index (κ2) is 4.30. The molecule has 3 atom stereocenters. The van der Waals surface area contributed by atoms with Crippen molar-refractivity contribution in [2.24, 2.45) is 5.92 Å². The molecule has 1 saturated heterocycles. The van der Waals surface area contributed by atoms with Crippen molar-refractivity contribution in [2.45, 2.75) is 50.6 Å². The number of rotatable bonds is 1. The summed E-state index contributed by atoms with van der Waals surface area (Å²) in [4.78, 5) is 11.4. The lowest BCUT2D eigenvalue weighted by molar-refractivity contribution is -0.144. The second-order valence-corrected chi connectivity index (χ2v) is 4.47. The molecular formula is C11H19NO2. The average molecular weight is 197 g/mol. The van der Waals surface area contributed by atoms with Crippen LogP contribution in [-0.4, -0.2) is 25.2 Å². The summed E-state index contributed by atoms with van der Waals surface area (Å²) in [5, 5.41) is 3.43. The number of fused-ring (bicyclic) bond motifs is 1. The van der Waals surface area contributed by atoms with Gasteiger partial charge in [0.05, 0.1) is 7.11 Å². The fourth-order valence-corrected chi connectivity index (χ4v) is 2.82. The lowest BCUT2D eigenvalue weighted by Crippen LogP contribution is -2.52. The minimum atomic E-state index is -0.0889. The van der Waals surface area contributed by atoms with E-state index in [1.807, 2.05) is 0 Å². The fraction of sp³-hybridized carbons (Fsp3) is 0.909. The zero-order chi connectivity index (χ0) is 9.97. The first kappa shape index (κ1) is 9.97. The Morgan fingerprint density at radius 1 is 1.21 bits per heavy atom. The van der Waals surface area contributed by atoms with Crippen molar-refractivity contribution < 1.29 is 9.53 Å². The third-order valence-corrected chi connectivity index (χ3v) is 3.64. The minimum absolute atomic E-state index is 0.0423. The first-order chi connectivity index (χ1) is 6.81. The van der Waals surface area contributed by atoms with Gasteiger partial charge in [-0.05, 0) is 31.6 Å². The maximum absolute atomic E-state index is 11.4. The van der Waals surface area contributed by atoms with Gasteiger partial charge in [0.25, 0.3) is 0 Å². The van der Waals surface area contributed by atoms with Gasteiger partial charge in [0.15, 0.2) is 0 Å². The molecule has 1 aliphatic carbocycles. The fourth-order valence-electron chi connectivity index (χ4n) is 2.82. The molecule has 0 unspecified atom stereocenters. The van der Waals surface area contributed by atoms with E-state index in [2.05, 4.69) is 5.32 Å². The number of hydrogen-bond acceptors (Lipinski definition) is 3. The van der Waals surface area contributed by atoms with Crippen molar-refractivity contribution in [3.63, 3.8) is 0 Å². The molecule has 0 amide bonds. The van der Waals surface area contributed by atoms with E-state index >= 15 is 0 Å². The summed E-state index contributed by atoms with van der Waals surface area (Å²) < 4.78 is 4.77. The highest BCUT2D eigenvalue weighted by Gasteiger charge is 2.34. The molecule has 2 aliphatic rings. The molecule has 0 radical (unpaired) electrons. The molecule has 2 fully saturated rings. The molecular weight excluding hydrogens is 178 g/mol. The maximum Gasteiger partial charge on any atom is 0.322 e. The summed E-state index contributed by atoms with van der Waals surface area (Å²) in [5.41, 5.74) is 0. The molecule has 0 aromatic carbocycles. The molecule has 80 valence electrons. The van der Waals surface area contributed by atoms with Crippen LogP contribution in [0, 0.1) is 5.92 Å². The van der Waals surface area contributed by atoms with Crippen molar-refractivity contribution in [1.82, 2.24) is 5.32 Å². The normalized spacial score (nSPS) is 37.4. The van der Waals surface area contributed by atoms with E-state index in [-0.39, 0.29) is 12.0 Å². The summed E-state index contributed by atoms with van der Waals surface area (Å²) in [6.45, 7) is 0. The van der Waals surface area contributed by atoms with Crippen LogP contribution in [-0.2, 0) is 9.53 Å².